The first kappa shape index (κ1) is 21.4. The Morgan fingerprint density at radius 1 is 1.33 bits per heavy atom. The number of nitrogens with zero attached hydrogens (tertiary/aromatic N) is 1. The first-order valence-corrected chi connectivity index (χ1v) is 7.57. The standard InChI is InChI=1S/C13H19N3O6.C2H6/c1-5-21-12-7-10(16(18)19)9(6-11(12)20-4)8(2)22-13(17)15-14-3;1-2/h6-8,14H,5H2,1-4H3,(H,15,17);1-2H3. The van der Waals surface area contributed by atoms with Gasteiger partial charge in [0.1, 0.15) is 6.10 Å². The van der Waals surface area contributed by atoms with Crippen molar-refractivity contribution >= 4 is 11.8 Å². The molecule has 1 amide bonds. The highest BCUT2D eigenvalue weighted by Crippen LogP contribution is 2.38. The minimum atomic E-state index is -0.849. The second kappa shape index (κ2) is 11.1. The third-order valence-electron chi connectivity index (χ3n) is 2.76. The highest BCUT2D eigenvalue weighted by atomic mass is 16.6. The molecule has 2 N–H and O–H groups in total. The van der Waals surface area contributed by atoms with Gasteiger partial charge in [0.15, 0.2) is 11.5 Å². The summed E-state index contributed by atoms with van der Waals surface area (Å²) in [5.41, 5.74) is 4.62. The molecule has 1 rings (SSSR count). The van der Waals surface area contributed by atoms with E-state index in [0.717, 1.165) is 0 Å². The molecule has 0 saturated heterocycles. The summed E-state index contributed by atoms with van der Waals surface area (Å²) in [5.74, 6) is 0.583. The minimum Gasteiger partial charge on any atom is -0.493 e. The first-order chi connectivity index (χ1) is 11.4. The number of nitro benzene ring substituents is 1. The second-order valence-electron chi connectivity index (χ2n) is 4.17. The van der Waals surface area contributed by atoms with Gasteiger partial charge in [-0.25, -0.2) is 10.2 Å². The largest absolute Gasteiger partial charge is 0.493 e. The highest BCUT2D eigenvalue weighted by molar-refractivity contribution is 5.67. The monoisotopic (exact) mass is 343 g/mol. The molecule has 9 nitrogen and oxygen atoms in total. The van der Waals surface area contributed by atoms with Gasteiger partial charge in [-0.15, -0.1) is 0 Å². The predicted molar refractivity (Wildman–Crippen MR) is 89.3 cm³/mol. The van der Waals surface area contributed by atoms with Gasteiger partial charge in [0.05, 0.1) is 30.3 Å². The lowest BCUT2D eigenvalue weighted by Crippen LogP contribution is -2.35. The number of carbonyl (C=O) groups excluding carboxylic acids is 1. The van der Waals surface area contributed by atoms with Crippen LogP contribution in [0.4, 0.5) is 10.5 Å². The lowest BCUT2D eigenvalue weighted by atomic mass is 10.1. The number of amides is 1. The van der Waals surface area contributed by atoms with Crippen LogP contribution < -0.4 is 20.3 Å². The molecular formula is C15H25N3O6. The van der Waals surface area contributed by atoms with Crippen LogP contribution in [0.1, 0.15) is 39.4 Å². The van der Waals surface area contributed by atoms with E-state index < -0.39 is 17.1 Å². The van der Waals surface area contributed by atoms with E-state index in [9.17, 15) is 14.9 Å². The van der Waals surface area contributed by atoms with Crippen molar-refractivity contribution in [2.24, 2.45) is 0 Å². The summed E-state index contributed by atoms with van der Waals surface area (Å²) in [4.78, 5) is 22.1. The molecule has 0 aliphatic carbocycles. The summed E-state index contributed by atoms with van der Waals surface area (Å²) in [6, 6.07) is 2.69. The molecule has 0 radical (unpaired) electrons. The normalized spacial score (nSPS) is 10.8. The maximum atomic E-state index is 11.4. The number of nitrogens with one attached hydrogen (secondary N) is 2. The number of carbonyl (C=O) groups is 1. The molecule has 9 heteroatoms. The van der Waals surface area contributed by atoms with Crippen LogP contribution in [0.5, 0.6) is 11.5 Å². The smallest absolute Gasteiger partial charge is 0.422 e. The molecule has 1 atom stereocenters. The average Bonchev–Trinajstić information content (AvgIpc) is 2.56. The van der Waals surface area contributed by atoms with Crippen LogP contribution in [0.3, 0.4) is 0 Å². The summed E-state index contributed by atoms with van der Waals surface area (Å²) in [5, 5.41) is 11.2. The van der Waals surface area contributed by atoms with Crippen LogP contribution in [-0.2, 0) is 4.74 Å². The van der Waals surface area contributed by atoms with E-state index in [2.05, 4.69) is 10.9 Å². The molecule has 24 heavy (non-hydrogen) atoms. The SMILES string of the molecule is CC.CCOc1cc([N+](=O)[O-])c(C(C)OC(=O)NNC)cc1OC. The van der Waals surface area contributed by atoms with Crippen molar-refractivity contribution in [2.45, 2.75) is 33.8 Å². The molecule has 0 aromatic heterocycles. The number of benzene rings is 1. The van der Waals surface area contributed by atoms with Crippen LogP contribution in [0.15, 0.2) is 12.1 Å². The lowest BCUT2D eigenvalue weighted by Gasteiger charge is -2.16. The molecule has 0 heterocycles. The zero-order valence-electron chi connectivity index (χ0n) is 14.8. The van der Waals surface area contributed by atoms with Crippen molar-refractivity contribution in [1.82, 2.24) is 10.9 Å². The van der Waals surface area contributed by atoms with Crippen molar-refractivity contribution in [2.75, 3.05) is 20.8 Å². The number of rotatable bonds is 7. The number of nitro groups is 1. The fraction of sp³-hybridized carbons (Fsp3) is 0.533. The number of hydrogen-bond donors (Lipinski definition) is 2. The zero-order chi connectivity index (χ0) is 18.7. The summed E-state index contributed by atoms with van der Waals surface area (Å²) < 4.78 is 15.5. The predicted octanol–water partition coefficient (Wildman–Crippen LogP) is 2.95. The van der Waals surface area contributed by atoms with Crippen molar-refractivity contribution in [3.05, 3.63) is 27.8 Å². The van der Waals surface area contributed by atoms with E-state index in [1.807, 2.05) is 13.8 Å². The zero-order valence-corrected chi connectivity index (χ0v) is 14.8. The molecule has 1 unspecified atom stereocenters. The Labute approximate surface area is 141 Å². The molecule has 1 aromatic rings. The van der Waals surface area contributed by atoms with Crippen LogP contribution in [0.25, 0.3) is 0 Å². The van der Waals surface area contributed by atoms with Crippen LogP contribution in [0.2, 0.25) is 0 Å². The Bertz CT molecular complexity index is 550. The number of hydrogen-bond acceptors (Lipinski definition) is 7. The van der Waals surface area contributed by atoms with Gasteiger partial charge in [-0.1, -0.05) is 13.8 Å². The Hall–Kier alpha value is -2.55. The Morgan fingerprint density at radius 3 is 2.42 bits per heavy atom. The van der Waals surface area contributed by atoms with Gasteiger partial charge in [0.2, 0.25) is 0 Å². The van der Waals surface area contributed by atoms with Crippen LogP contribution in [-0.4, -0.2) is 31.8 Å². The van der Waals surface area contributed by atoms with Gasteiger partial charge in [0.25, 0.3) is 5.69 Å². The topological polar surface area (TPSA) is 112 Å². The third-order valence-corrected chi connectivity index (χ3v) is 2.76. The highest BCUT2D eigenvalue weighted by Gasteiger charge is 2.25. The maximum absolute atomic E-state index is 11.4. The average molecular weight is 343 g/mol. The van der Waals surface area contributed by atoms with E-state index in [-0.39, 0.29) is 17.0 Å². The fourth-order valence-electron chi connectivity index (χ4n) is 1.83. The van der Waals surface area contributed by atoms with E-state index in [1.54, 1.807) is 6.92 Å². The van der Waals surface area contributed by atoms with Crippen molar-refractivity contribution in [3.8, 4) is 11.5 Å². The Balaban J connectivity index is 0.00000254. The Morgan fingerprint density at radius 2 is 1.96 bits per heavy atom. The third kappa shape index (κ3) is 5.92. The van der Waals surface area contributed by atoms with Gasteiger partial charge >= 0.3 is 6.09 Å². The molecular weight excluding hydrogens is 318 g/mol. The number of methoxy groups -OCH3 is 1. The molecule has 0 spiro atoms. The molecule has 1 aromatic carbocycles. The van der Waals surface area contributed by atoms with Gasteiger partial charge in [0, 0.05) is 7.05 Å². The molecule has 0 fully saturated rings. The van der Waals surface area contributed by atoms with E-state index in [0.29, 0.717) is 12.4 Å². The lowest BCUT2D eigenvalue weighted by molar-refractivity contribution is -0.386. The quantitative estimate of drug-likeness (QED) is 0.578. The number of ether oxygens (including phenoxy) is 3. The van der Waals surface area contributed by atoms with Crippen LogP contribution in [0, 0.1) is 10.1 Å². The molecule has 0 aliphatic rings. The van der Waals surface area contributed by atoms with E-state index in [1.165, 1.54) is 33.2 Å². The molecule has 0 bridgehead atoms. The Kier molecular flexibility index (Phi) is 9.88. The van der Waals surface area contributed by atoms with E-state index in [4.69, 9.17) is 14.2 Å². The van der Waals surface area contributed by atoms with Gasteiger partial charge in [-0.3, -0.25) is 15.5 Å². The summed E-state index contributed by atoms with van der Waals surface area (Å²) in [6.45, 7) is 7.62. The minimum absolute atomic E-state index is 0.205. The summed E-state index contributed by atoms with van der Waals surface area (Å²) in [7, 11) is 2.92. The van der Waals surface area contributed by atoms with Gasteiger partial charge in [-0.05, 0) is 19.9 Å². The molecule has 0 saturated carbocycles. The van der Waals surface area contributed by atoms with Crippen LogP contribution >= 0.6 is 0 Å². The molecule has 136 valence electrons. The van der Waals surface area contributed by atoms with Gasteiger partial charge in [-0.2, -0.15) is 0 Å². The fourth-order valence-corrected chi connectivity index (χ4v) is 1.83. The number of hydrazine groups is 1. The maximum Gasteiger partial charge on any atom is 0.422 e. The summed E-state index contributed by atoms with van der Waals surface area (Å²) in [6.07, 6.45) is -1.60. The first-order valence-electron chi connectivity index (χ1n) is 7.57. The van der Waals surface area contributed by atoms with Crippen molar-refractivity contribution in [1.29, 1.82) is 0 Å². The molecule has 0 aliphatic heterocycles. The van der Waals surface area contributed by atoms with Gasteiger partial charge < -0.3 is 14.2 Å². The second-order valence-corrected chi connectivity index (χ2v) is 4.17. The summed E-state index contributed by atoms with van der Waals surface area (Å²) >= 11 is 0. The van der Waals surface area contributed by atoms with Crippen molar-refractivity contribution in [3.63, 3.8) is 0 Å². The van der Waals surface area contributed by atoms with Crippen molar-refractivity contribution < 1.29 is 23.9 Å². The van der Waals surface area contributed by atoms with E-state index >= 15 is 0 Å².